The van der Waals surface area contributed by atoms with Gasteiger partial charge in [-0.1, -0.05) is 19.9 Å². The molecule has 0 radical (unpaired) electrons. The third-order valence-corrected chi connectivity index (χ3v) is 5.50. The van der Waals surface area contributed by atoms with Crippen molar-refractivity contribution in [2.75, 3.05) is 13.1 Å². The van der Waals surface area contributed by atoms with Crippen LogP contribution in [0.15, 0.2) is 23.8 Å². The van der Waals surface area contributed by atoms with Crippen LogP contribution in [0.1, 0.15) is 48.4 Å². The lowest BCUT2D eigenvalue weighted by Crippen LogP contribution is -2.40. The van der Waals surface area contributed by atoms with Gasteiger partial charge in [-0.05, 0) is 31.9 Å². The summed E-state index contributed by atoms with van der Waals surface area (Å²) in [5.41, 5.74) is -1.96. The Morgan fingerprint density at radius 3 is 2.57 bits per heavy atom. The Balaban J connectivity index is 1.86. The second-order valence-corrected chi connectivity index (χ2v) is 8.23. The number of ketones is 1. The van der Waals surface area contributed by atoms with Gasteiger partial charge in [-0.2, -0.15) is 18.4 Å². The van der Waals surface area contributed by atoms with Crippen molar-refractivity contribution >= 4 is 11.7 Å². The summed E-state index contributed by atoms with van der Waals surface area (Å²) in [5.74, 6) is -0.592. The average molecular weight is 391 g/mol. The molecule has 0 unspecified atom stereocenters. The number of hydrogen-bond acceptors (Lipinski definition) is 4. The van der Waals surface area contributed by atoms with Gasteiger partial charge in [0.15, 0.2) is 5.78 Å². The van der Waals surface area contributed by atoms with E-state index in [0.29, 0.717) is 25.9 Å². The van der Waals surface area contributed by atoms with E-state index in [1.807, 2.05) is 6.07 Å². The average Bonchev–Trinajstić information content (AvgIpc) is 2.99. The molecule has 0 saturated carbocycles. The number of amides is 1. The Bertz CT molecular complexity index is 928. The topological polar surface area (TPSA) is 74.1 Å². The van der Waals surface area contributed by atoms with Crippen LogP contribution in [0.25, 0.3) is 0 Å². The molecule has 1 fully saturated rings. The van der Waals surface area contributed by atoms with Crippen LogP contribution in [-0.2, 0) is 11.0 Å². The van der Waals surface area contributed by atoms with Crippen molar-refractivity contribution in [3.05, 3.63) is 40.7 Å². The van der Waals surface area contributed by atoms with Crippen molar-refractivity contribution in [3.8, 4) is 6.07 Å². The SMILES string of the molecule is Cc1nc(C(F)(F)F)ccc1C(=O)N1CC[C@]2(C=C(C#N)C(=O)C(C)(C)C2)C1. The minimum absolute atomic E-state index is 0.0215. The second-order valence-electron chi connectivity index (χ2n) is 8.23. The third kappa shape index (κ3) is 3.41. The molecule has 3 rings (SSSR count). The number of alkyl halides is 3. The predicted octanol–water partition coefficient (Wildman–Crippen LogP) is 3.69. The molecule has 1 amide bonds. The highest BCUT2D eigenvalue weighted by molar-refractivity contribution is 6.04. The summed E-state index contributed by atoms with van der Waals surface area (Å²) in [6, 6.07) is 3.92. The fourth-order valence-electron chi connectivity index (χ4n) is 4.28. The number of nitrogens with zero attached hydrogens (tertiary/aromatic N) is 3. The molecule has 1 spiro atoms. The van der Waals surface area contributed by atoms with E-state index in [1.165, 1.54) is 6.92 Å². The van der Waals surface area contributed by atoms with Crippen LogP contribution >= 0.6 is 0 Å². The van der Waals surface area contributed by atoms with Crippen LogP contribution in [0.5, 0.6) is 0 Å². The van der Waals surface area contributed by atoms with Gasteiger partial charge >= 0.3 is 6.18 Å². The Hall–Kier alpha value is -2.69. The number of halogens is 3. The smallest absolute Gasteiger partial charge is 0.338 e. The zero-order chi connectivity index (χ0) is 20.9. The zero-order valence-electron chi connectivity index (χ0n) is 15.9. The molecule has 2 heterocycles. The number of aromatic nitrogens is 1. The van der Waals surface area contributed by atoms with Crippen molar-refractivity contribution in [1.82, 2.24) is 9.88 Å². The summed E-state index contributed by atoms with van der Waals surface area (Å²) in [6.07, 6.45) is -1.79. The van der Waals surface area contributed by atoms with Crippen LogP contribution in [-0.4, -0.2) is 34.7 Å². The highest BCUT2D eigenvalue weighted by Crippen LogP contribution is 2.48. The lowest BCUT2D eigenvalue weighted by molar-refractivity contribution is -0.141. The number of pyridine rings is 1. The maximum Gasteiger partial charge on any atom is 0.433 e. The first kappa shape index (κ1) is 20.1. The van der Waals surface area contributed by atoms with E-state index in [1.54, 1.807) is 24.8 Å². The molecule has 0 N–H and O–H groups in total. The standard InChI is InChI=1S/C20H20F3N3O2/c1-12-14(4-5-15(25-12)20(21,22)23)17(28)26-7-6-19(11-26)8-13(9-24)16(27)18(2,3)10-19/h4-5,8H,6-7,10-11H2,1-3H3/t19-/m1/s1. The minimum Gasteiger partial charge on any atom is -0.338 e. The van der Waals surface area contributed by atoms with E-state index in [-0.39, 0.29) is 22.6 Å². The first-order valence-electron chi connectivity index (χ1n) is 8.90. The Labute approximate surface area is 160 Å². The fraction of sp³-hybridized carbons (Fsp3) is 0.500. The molecule has 1 saturated heterocycles. The summed E-state index contributed by atoms with van der Waals surface area (Å²) in [6.45, 7) is 5.67. The molecule has 2 aliphatic rings. The van der Waals surface area contributed by atoms with E-state index >= 15 is 0 Å². The van der Waals surface area contributed by atoms with E-state index in [4.69, 9.17) is 0 Å². The van der Waals surface area contributed by atoms with Gasteiger partial charge in [0.2, 0.25) is 0 Å². The number of carbonyl (C=O) groups excluding carboxylic acids is 2. The maximum absolute atomic E-state index is 12.9. The van der Waals surface area contributed by atoms with Gasteiger partial charge in [0, 0.05) is 23.9 Å². The lowest BCUT2D eigenvalue weighted by atomic mass is 9.64. The zero-order valence-corrected chi connectivity index (χ0v) is 15.9. The molecular weight excluding hydrogens is 371 g/mol. The molecule has 1 aliphatic heterocycles. The van der Waals surface area contributed by atoms with Crippen LogP contribution < -0.4 is 0 Å². The molecule has 148 valence electrons. The molecule has 28 heavy (non-hydrogen) atoms. The first-order valence-corrected chi connectivity index (χ1v) is 8.90. The van der Waals surface area contributed by atoms with Gasteiger partial charge in [-0.3, -0.25) is 9.59 Å². The molecule has 1 aliphatic carbocycles. The maximum atomic E-state index is 12.9. The van der Waals surface area contributed by atoms with Gasteiger partial charge in [0.05, 0.1) is 16.8 Å². The number of allylic oxidation sites excluding steroid dienone is 1. The molecular formula is C20H20F3N3O2. The minimum atomic E-state index is -4.57. The van der Waals surface area contributed by atoms with Gasteiger partial charge in [-0.25, -0.2) is 4.98 Å². The largest absolute Gasteiger partial charge is 0.433 e. The van der Waals surface area contributed by atoms with Gasteiger partial charge < -0.3 is 4.90 Å². The van der Waals surface area contributed by atoms with E-state index in [2.05, 4.69) is 4.98 Å². The van der Waals surface area contributed by atoms with Crippen LogP contribution in [0.4, 0.5) is 13.2 Å². The fourth-order valence-corrected chi connectivity index (χ4v) is 4.28. The lowest BCUT2D eigenvalue weighted by Gasteiger charge is -2.38. The van der Waals surface area contributed by atoms with E-state index in [0.717, 1.165) is 12.1 Å². The van der Waals surface area contributed by atoms with Crippen LogP contribution in [0.3, 0.4) is 0 Å². The highest BCUT2D eigenvalue weighted by atomic mass is 19.4. The first-order chi connectivity index (χ1) is 12.9. The van der Waals surface area contributed by atoms with Crippen molar-refractivity contribution in [1.29, 1.82) is 5.26 Å². The van der Waals surface area contributed by atoms with Crippen LogP contribution in [0.2, 0.25) is 0 Å². The normalized spacial score (nSPS) is 24.2. The monoisotopic (exact) mass is 391 g/mol. The Kier molecular flexibility index (Phi) is 4.61. The molecule has 5 nitrogen and oxygen atoms in total. The summed E-state index contributed by atoms with van der Waals surface area (Å²) in [5, 5.41) is 9.30. The second kappa shape index (κ2) is 6.43. The van der Waals surface area contributed by atoms with Crippen molar-refractivity contribution < 1.29 is 22.8 Å². The molecule has 1 aromatic rings. The summed E-state index contributed by atoms with van der Waals surface area (Å²) in [7, 11) is 0. The molecule has 1 atom stereocenters. The van der Waals surface area contributed by atoms with Gasteiger partial charge in [0.25, 0.3) is 5.91 Å². The number of nitriles is 1. The third-order valence-electron chi connectivity index (χ3n) is 5.50. The molecule has 8 heteroatoms. The van der Waals surface area contributed by atoms with E-state index in [9.17, 15) is 28.0 Å². The number of hydrogen-bond donors (Lipinski definition) is 0. The predicted molar refractivity (Wildman–Crippen MR) is 94.0 cm³/mol. The van der Waals surface area contributed by atoms with Crippen LogP contribution in [0, 0.1) is 29.1 Å². The Morgan fingerprint density at radius 2 is 2.00 bits per heavy atom. The van der Waals surface area contributed by atoms with Gasteiger partial charge in [0.1, 0.15) is 11.8 Å². The van der Waals surface area contributed by atoms with Crippen molar-refractivity contribution in [2.45, 2.75) is 39.8 Å². The molecule has 0 bridgehead atoms. The number of Topliss-reactive ketones (excluding diaryl/α,β-unsaturated/α-hetero) is 1. The number of rotatable bonds is 1. The Morgan fingerprint density at radius 1 is 1.32 bits per heavy atom. The van der Waals surface area contributed by atoms with Crippen molar-refractivity contribution in [3.63, 3.8) is 0 Å². The quantitative estimate of drug-likeness (QED) is 0.732. The molecule has 0 aromatic carbocycles. The highest BCUT2D eigenvalue weighted by Gasteiger charge is 2.49. The van der Waals surface area contributed by atoms with E-state index < -0.39 is 28.6 Å². The number of likely N-dealkylation sites (tertiary alicyclic amines) is 1. The summed E-state index contributed by atoms with van der Waals surface area (Å²) >= 11 is 0. The summed E-state index contributed by atoms with van der Waals surface area (Å²) in [4.78, 5) is 30.3. The number of aryl methyl sites for hydroxylation is 1. The van der Waals surface area contributed by atoms with Crippen molar-refractivity contribution in [2.24, 2.45) is 10.8 Å². The van der Waals surface area contributed by atoms with Gasteiger partial charge in [-0.15, -0.1) is 0 Å². The number of carbonyl (C=O) groups is 2. The molecule has 1 aromatic heterocycles. The summed E-state index contributed by atoms with van der Waals surface area (Å²) < 4.78 is 38.4.